The molecule has 3 heterocycles. The van der Waals surface area contributed by atoms with E-state index in [-0.39, 0.29) is 16.6 Å². The lowest BCUT2D eigenvalue weighted by Gasteiger charge is -2.13. The number of rotatable bonds is 2. The van der Waals surface area contributed by atoms with Crippen molar-refractivity contribution in [1.29, 1.82) is 0 Å². The Balaban J connectivity index is 1.87. The standard InChI is InChI=1S/C20H12F3N5OS/c21-20(22,23)15-5-4-14(30-15)11-6-10(9-2-1-3-13-12(9)7-27-28-13)17(24)16-18(11)25-8-26-19(16)29/h1-8H,24H2,(H,27,28)(H,25,26,29). The van der Waals surface area contributed by atoms with Crippen LogP contribution >= 0.6 is 11.3 Å². The summed E-state index contributed by atoms with van der Waals surface area (Å²) < 4.78 is 39.5. The summed E-state index contributed by atoms with van der Waals surface area (Å²) in [4.78, 5) is 18.9. The molecule has 0 saturated heterocycles. The molecule has 0 amide bonds. The number of halogens is 3. The Morgan fingerprint density at radius 2 is 1.90 bits per heavy atom. The van der Waals surface area contributed by atoms with Crippen LogP contribution in [0.25, 0.3) is 43.4 Å². The first kappa shape index (κ1) is 18.4. The van der Waals surface area contributed by atoms with E-state index in [9.17, 15) is 18.0 Å². The molecule has 0 aliphatic rings. The predicted octanol–water partition coefficient (Wildman–Crippen LogP) is 4.80. The molecule has 0 aliphatic heterocycles. The van der Waals surface area contributed by atoms with Gasteiger partial charge in [0.15, 0.2) is 0 Å². The highest BCUT2D eigenvalue weighted by molar-refractivity contribution is 7.15. The summed E-state index contributed by atoms with van der Waals surface area (Å²) in [6.07, 6.45) is -1.61. The fraction of sp³-hybridized carbons (Fsp3) is 0.0500. The van der Waals surface area contributed by atoms with Crippen LogP contribution in [0, 0.1) is 0 Å². The molecule has 0 bridgehead atoms. The maximum absolute atomic E-state index is 13.2. The van der Waals surface area contributed by atoms with Crippen LogP contribution in [-0.4, -0.2) is 20.2 Å². The molecule has 0 atom stereocenters. The van der Waals surface area contributed by atoms with E-state index in [1.54, 1.807) is 18.3 Å². The second-order valence-electron chi connectivity index (χ2n) is 6.64. The number of hydrogen-bond acceptors (Lipinski definition) is 5. The summed E-state index contributed by atoms with van der Waals surface area (Å²) in [5.74, 6) is 0. The van der Waals surface area contributed by atoms with Gasteiger partial charge in [-0.15, -0.1) is 11.3 Å². The number of thiophene rings is 1. The second kappa shape index (κ2) is 6.42. The van der Waals surface area contributed by atoms with Crippen molar-refractivity contribution in [3.63, 3.8) is 0 Å². The molecule has 0 spiro atoms. The number of hydrogen-bond donors (Lipinski definition) is 3. The maximum atomic E-state index is 13.2. The van der Waals surface area contributed by atoms with Gasteiger partial charge in [-0.1, -0.05) is 12.1 Å². The first-order valence-electron chi connectivity index (χ1n) is 8.74. The van der Waals surface area contributed by atoms with Crippen LogP contribution in [0.2, 0.25) is 0 Å². The van der Waals surface area contributed by atoms with Crippen molar-refractivity contribution in [1.82, 2.24) is 20.2 Å². The molecule has 0 unspecified atom stereocenters. The van der Waals surface area contributed by atoms with Crippen LogP contribution in [-0.2, 0) is 6.18 Å². The molecule has 4 N–H and O–H groups in total. The third kappa shape index (κ3) is 2.76. The number of nitrogens with zero attached hydrogens (tertiary/aromatic N) is 2. The number of nitrogens with two attached hydrogens (primary N) is 1. The van der Waals surface area contributed by atoms with Crippen molar-refractivity contribution in [3.8, 4) is 21.6 Å². The van der Waals surface area contributed by atoms with Crippen molar-refractivity contribution in [3.05, 3.63) is 64.2 Å². The SMILES string of the molecule is Nc1c(-c2cccc3[nH]ncc23)cc(-c2ccc(C(F)(F)F)s2)c2nc[nH]c(=O)c12. The summed E-state index contributed by atoms with van der Waals surface area (Å²) >= 11 is 0.592. The monoisotopic (exact) mass is 427 g/mol. The normalized spacial score (nSPS) is 12.1. The molecule has 5 rings (SSSR count). The molecule has 0 saturated carbocycles. The van der Waals surface area contributed by atoms with Crippen molar-refractivity contribution in [2.45, 2.75) is 6.18 Å². The van der Waals surface area contributed by atoms with E-state index in [0.29, 0.717) is 32.9 Å². The number of H-pyrrole nitrogens is 2. The lowest BCUT2D eigenvalue weighted by atomic mass is 9.95. The molecule has 10 heteroatoms. The van der Waals surface area contributed by atoms with E-state index < -0.39 is 16.6 Å². The van der Waals surface area contributed by atoms with E-state index in [1.165, 1.54) is 12.4 Å². The summed E-state index contributed by atoms with van der Waals surface area (Å²) in [5, 5.41) is 7.82. The highest BCUT2D eigenvalue weighted by atomic mass is 32.1. The number of aromatic nitrogens is 4. The largest absolute Gasteiger partial charge is 0.425 e. The van der Waals surface area contributed by atoms with Gasteiger partial charge in [0.1, 0.15) is 4.88 Å². The van der Waals surface area contributed by atoms with E-state index in [2.05, 4.69) is 20.2 Å². The van der Waals surface area contributed by atoms with Crippen molar-refractivity contribution < 1.29 is 13.2 Å². The van der Waals surface area contributed by atoms with Crippen LogP contribution in [0.15, 0.2) is 53.7 Å². The van der Waals surface area contributed by atoms with Crippen LogP contribution < -0.4 is 11.3 Å². The summed E-state index contributed by atoms with van der Waals surface area (Å²) in [6, 6.07) is 9.54. The first-order chi connectivity index (χ1) is 14.3. The third-order valence-electron chi connectivity index (χ3n) is 4.88. The molecular weight excluding hydrogens is 415 g/mol. The number of benzene rings is 2. The molecular formula is C20H12F3N5OS. The minimum Gasteiger partial charge on any atom is -0.398 e. The number of nitrogen functional groups attached to an aromatic ring is 1. The Kier molecular flexibility index (Phi) is 3.93. The Labute approximate surface area is 170 Å². The average Bonchev–Trinajstić information content (AvgIpc) is 3.37. The van der Waals surface area contributed by atoms with E-state index >= 15 is 0 Å². The lowest BCUT2D eigenvalue weighted by Crippen LogP contribution is -2.10. The molecule has 150 valence electrons. The minimum atomic E-state index is -4.46. The number of nitrogens with one attached hydrogen (secondary N) is 2. The Bertz CT molecular complexity index is 1480. The smallest absolute Gasteiger partial charge is 0.398 e. The molecule has 5 aromatic rings. The van der Waals surface area contributed by atoms with Gasteiger partial charge in [0.25, 0.3) is 5.56 Å². The number of aromatic amines is 2. The molecule has 0 radical (unpaired) electrons. The van der Waals surface area contributed by atoms with Gasteiger partial charge in [0, 0.05) is 21.4 Å². The Morgan fingerprint density at radius 1 is 1.07 bits per heavy atom. The van der Waals surface area contributed by atoms with Crippen LogP contribution in [0.3, 0.4) is 0 Å². The zero-order chi connectivity index (χ0) is 21.0. The van der Waals surface area contributed by atoms with E-state index in [4.69, 9.17) is 5.73 Å². The minimum absolute atomic E-state index is 0.132. The number of anilines is 1. The molecule has 30 heavy (non-hydrogen) atoms. The van der Waals surface area contributed by atoms with Gasteiger partial charge in [-0.05, 0) is 29.8 Å². The summed E-state index contributed by atoms with van der Waals surface area (Å²) in [5.41, 5.74) is 8.74. The molecule has 0 aliphatic carbocycles. The zero-order valence-corrected chi connectivity index (χ0v) is 15.9. The zero-order valence-electron chi connectivity index (χ0n) is 15.0. The predicted molar refractivity (Wildman–Crippen MR) is 110 cm³/mol. The van der Waals surface area contributed by atoms with Crippen LogP contribution in [0.4, 0.5) is 18.9 Å². The van der Waals surface area contributed by atoms with Crippen molar-refractivity contribution >= 4 is 38.8 Å². The van der Waals surface area contributed by atoms with Gasteiger partial charge in [0.2, 0.25) is 0 Å². The van der Waals surface area contributed by atoms with E-state index in [1.807, 2.05) is 12.1 Å². The van der Waals surface area contributed by atoms with Gasteiger partial charge < -0.3 is 10.7 Å². The van der Waals surface area contributed by atoms with Gasteiger partial charge in [-0.3, -0.25) is 9.89 Å². The van der Waals surface area contributed by atoms with Crippen molar-refractivity contribution in [2.75, 3.05) is 5.73 Å². The van der Waals surface area contributed by atoms with Crippen LogP contribution in [0.1, 0.15) is 4.88 Å². The third-order valence-corrected chi connectivity index (χ3v) is 6.05. The average molecular weight is 427 g/mol. The van der Waals surface area contributed by atoms with Gasteiger partial charge >= 0.3 is 6.18 Å². The maximum Gasteiger partial charge on any atom is 0.425 e. The quantitative estimate of drug-likeness (QED) is 0.353. The molecule has 2 aromatic carbocycles. The highest BCUT2D eigenvalue weighted by Crippen LogP contribution is 2.43. The summed E-state index contributed by atoms with van der Waals surface area (Å²) in [6.45, 7) is 0. The highest BCUT2D eigenvalue weighted by Gasteiger charge is 2.33. The fourth-order valence-corrected chi connectivity index (χ4v) is 4.42. The van der Waals surface area contributed by atoms with Crippen molar-refractivity contribution in [2.24, 2.45) is 0 Å². The second-order valence-corrected chi connectivity index (χ2v) is 7.72. The van der Waals surface area contributed by atoms with Crippen LogP contribution in [0.5, 0.6) is 0 Å². The Hall–Kier alpha value is -3.66. The molecule has 6 nitrogen and oxygen atoms in total. The Morgan fingerprint density at radius 3 is 2.67 bits per heavy atom. The van der Waals surface area contributed by atoms with Gasteiger partial charge in [0.05, 0.1) is 34.6 Å². The fourth-order valence-electron chi connectivity index (χ4n) is 3.53. The lowest BCUT2D eigenvalue weighted by molar-refractivity contribution is -0.134. The number of fused-ring (bicyclic) bond motifs is 2. The van der Waals surface area contributed by atoms with Gasteiger partial charge in [-0.2, -0.15) is 18.3 Å². The summed E-state index contributed by atoms with van der Waals surface area (Å²) in [7, 11) is 0. The van der Waals surface area contributed by atoms with Gasteiger partial charge in [-0.25, -0.2) is 4.98 Å². The first-order valence-corrected chi connectivity index (χ1v) is 9.56. The number of alkyl halides is 3. The van der Waals surface area contributed by atoms with E-state index in [0.717, 1.165) is 17.0 Å². The molecule has 0 fully saturated rings. The molecule has 3 aromatic heterocycles. The topological polar surface area (TPSA) is 100 Å².